The maximum Gasteiger partial charge on any atom is 0.311 e. The number of aliphatic carboxylic acids is 1. The molecule has 3 N–H and O–H groups in total. The number of carbonyl (C=O) groups is 1. The molecular formula is C30H31F4NO2. The number of hydrogen-bond acceptors (Lipinski definition) is 2. The fourth-order valence-electron chi connectivity index (χ4n) is 5.72. The van der Waals surface area contributed by atoms with E-state index in [4.69, 9.17) is 5.73 Å². The molecule has 2 atom stereocenters. The van der Waals surface area contributed by atoms with Crippen LogP contribution in [0.2, 0.25) is 0 Å². The maximum absolute atomic E-state index is 13.6. The van der Waals surface area contributed by atoms with Crippen LogP contribution < -0.4 is 5.73 Å². The molecule has 0 aromatic heterocycles. The standard InChI is InChI=1S/C30H31F4NO2/c1-2-17(7-5-9-18-10-6-12-22(28(31)32)26(18)29(33)34)15-24(30(36)37)27-23-16-19-8-3-4-11-20(19)21(23)13-14-25(27)35/h3-4,6,8,10-14,17,24,28-29H,2,5,7,9,15-16,35H2,1H3,(H,36,37). The molecule has 1 aliphatic carbocycles. The molecule has 0 amide bonds. The van der Waals surface area contributed by atoms with Gasteiger partial charge < -0.3 is 10.8 Å². The molecule has 0 radical (unpaired) electrons. The zero-order valence-corrected chi connectivity index (χ0v) is 20.7. The Kier molecular flexibility index (Phi) is 8.20. The lowest BCUT2D eigenvalue weighted by Crippen LogP contribution is -2.19. The van der Waals surface area contributed by atoms with E-state index >= 15 is 0 Å². The van der Waals surface area contributed by atoms with Gasteiger partial charge in [0.15, 0.2) is 0 Å². The van der Waals surface area contributed by atoms with Crippen LogP contribution in [0.1, 0.15) is 84.8 Å². The number of benzene rings is 3. The largest absolute Gasteiger partial charge is 0.481 e. The van der Waals surface area contributed by atoms with Crippen molar-refractivity contribution in [1.82, 2.24) is 0 Å². The van der Waals surface area contributed by atoms with E-state index in [-0.39, 0.29) is 17.9 Å². The summed E-state index contributed by atoms with van der Waals surface area (Å²) in [6.07, 6.45) is -2.93. The lowest BCUT2D eigenvalue weighted by molar-refractivity contribution is -0.139. The molecular weight excluding hydrogens is 482 g/mol. The van der Waals surface area contributed by atoms with Gasteiger partial charge in [-0.3, -0.25) is 4.79 Å². The SMILES string of the molecule is CCC(CCCc1cccc(C(F)F)c1C(F)F)CC(C(=O)O)c1c(N)ccc2c1Cc1ccccc1-2. The van der Waals surface area contributed by atoms with Crippen molar-refractivity contribution in [1.29, 1.82) is 0 Å². The van der Waals surface area contributed by atoms with Crippen molar-refractivity contribution in [2.45, 2.75) is 64.2 Å². The number of carboxylic acid groups (broad SMARTS) is 1. The highest BCUT2D eigenvalue weighted by Crippen LogP contribution is 2.44. The zero-order valence-electron chi connectivity index (χ0n) is 20.7. The number of fused-ring (bicyclic) bond motifs is 3. The van der Waals surface area contributed by atoms with Crippen molar-refractivity contribution in [2.75, 3.05) is 5.73 Å². The lowest BCUT2D eigenvalue weighted by Gasteiger charge is -2.24. The van der Waals surface area contributed by atoms with Gasteiger partial charge in [-0.2, -0.15) is 0 Å². The molecule has 2 unspecified atom stereocenters. The van der Waals surface area contributed by atoms with Crippen molar-refractivity contribution < 1.29 is 27.5 Å². The average Bonchev–Trinajstić information content (AvgIpc) is 3.24. The van der Waals surface area contributed by atoms with Crippen molar-refractivity contribution >= 4 is 11.7 Å². The van der Waals surface area contributed by atoms with Crippen molar-refractivity contribution in [3.8, 4) is 11.1 Å². The fourth-order valence-corrected chi connectivity index (χ4v) is 5.72. The van der Waals surface area contributed by atoms with E-state index in [0.717, 1.165) is 28.3 Å². The second kappa shape index (κ2) is 11.4. The second-order valence-corrected chi connectivity index (χ2v) is 9.74. The topological polar surface area (TPSA) is 63.3 Å². The quantitative estimate of drug-likeness (QED) is 0.157. The second-order valence-electron chi connectivity index (χ2n) is 9.74. The number of hydrogen-bond donors (Lipinski definition) is 2. The van der Waals surface area contributed by atoms with Gasteiger partial charge in [-0.1, -0.05) is 68.3 Å². The first-order valence-corrected chi connectivity index (χ1v) is 12.6. The van der Waals surface area contributed by atoms with Crippen LogP contribution in [0.4, 0.5) is 23.2 Å². The third-order valence-electron chi connectivity index (χ3n) is 7.60. The van der Waals surface area contributed by atoms with Crippen LogP contribution in [0.15, 0.2) is 54.6 Å². The summed E-state index contributed by atoms with van der Waals surface area (Å²) in [5, 5.41) is 10.2. The minimum Gasteiger partial charge on any atom is -0.481 e. The van der Waals surface area contributed by atoms with Gasteiger partial charge in [0.05, 0.1) is 5.92 Å². The molecule has 7 heteroatoms. The molecule has 0 heterocycles. The van der Waals surface area contributed by atoms with Crippen LogP contribution >= 0.6 is 0 Å². The first kappa shape index (κ1) is 26.7. The average molecular weight is 514 g/mol. The van der Waals surface area contributed by atoms with Crippen LogP contribution in [0.3, 0.4) is 0 Å². The summed E-state index contributed by atoms with van der Waals surface area (Å²) in [5.41, 5.74) is 10.7. The van der Waals surface area contributed by atoms with Crippen LogP contribution in [-0.2, 0) is 17.6 Å². The number of nitrogens with two attached hydrogens (primary N) is 1. The highest BCUT2D eigenvalue weighted by molar-refractivity contribution is 5.86. The van der Waals surface area contributed by atoms with Gasteiger partial charge in [-0.05, 0) is 71.0 Å². The Morgan fingerprint density at radius 2 is 1.70 bits per heavy atom. The first-order chi connectivity index (χ1) is 17.7. The number of carboxylic acids is 1. The molecule has 0 aliphatic heterocycles. The van der Waals surface area contributed by atoms with E-state index in [1.165, 1.54) is 12.1 Å². The normalized spacial score (nSPS) is 14.0. The van der Waals surface area contributed by atoms with Crippen molar-refractivity contribution in [3.05, 3.63) is 88.0 Å². The summed E-state index contributed by atoms with van der Waals surface area (Å²) in [4.78, 5) is 12.5. The molecule has 0 saturated heterocycles. The minimum absolute atomic E-state index is 0.00779. The zero-order chi connectivity index (χ0) is 26.7. The van der Waals surface area contributed by atoms with E-state index in [9.17, 15) is 27.5 Å². The van der Waals surface area contributed by atoms with Crippen molar-refractivity contribution in [3.63, 3.8) is 0 Å². The summed E-state index contributed by atoms with van der Waals surface area (Å²) >= 11 is 0. The summed E-state index contributed by atoms with van der Waals surface area (Å²) in [5.74, 6) is -1.74. The Morgan fingerprint density at radius 3 is 2.38 bits per heavy atom. The lowest BCUT2D eigenvalue weighted by atomic mass is 9.81. The first-order valence-electron chi connectivity index (χ1n) is 12.6. The third kappa shape index (κ3) is 5.50. The van der Waals surface area contributed by atoms with Gasteiger partial charge >= 0.3 is 5.97 Å². The van der Waals surface area contributed by atoms with Gasteiger partial charge in [0.2, 0.25) is 0 Å². The molecule has 4 rings (SSSR count). The summed E-state index contributed by atoms with van der Waals surface area (Å²) in [7, 11) is 0. The van der Waals surface area contributed by atoms with Crippen LogP contribution in [-0.4, -0.2) is 11.1 Å². The summed E-state index contributed by atoms with van der Waals surface area (Å²) < 4.78 is 53.7. The molecule has 3 aromatic carbocycles. The Morgan fingerprint density at radius 1 is 0.946 bits per heavy atom. The number of anilines is 1. The molecule has 0 spiro atoms. The number of rotatable bonds is 11. The van der Waals surface area contributed by atoms with E-state index in [0.29, 0.717) is 43.4 Å². The molecule has 3 aromatic rings. The molecule has 1 aliphatic rings. The van der Waals surface area contributed by atoms with Crippen molar-refractivity contribution in [2.24, 2.45) is 5.92 Å². The highest BCUT2D eigenvalue weighted by Gasteiger charge is 2.32. The third-order valence-corrected chi connectivity index (χ3v) is 7.60. The number of aryl methyl sites for hydroxylation is 1. The Bertz CT molecular complexity index is 1270. The minimum atomic E-state index is -2.98. The van der Waals surface area contributed by atoms with E-state index < -0.39 is 35.9 Å². The van der Waals surface area contributed by atoms with E-state index in [1.807, 2.05) is 37.3 Å². The predicted molar refractivity (Wildman–Crippen MR) is 137 cm³/mol. The Labute approximate surface area is 214 Å². The fraction of sp³-hybridized carbons (Fsp3) is 0.367. The molecule has 3 nitrogen and oxygen atoms in total. The van der Waals surface area contributed by atoms with Crippen LogP contribution in [0.25, 0.3) is 11.1 Å². The van der Waals surface area contributed by atoms with Gasteiger partial charge in [0.1, 0.15) is 0 Å². The van der Waals surface area contributed by atoms with Crippen LogP contribution in [0.5, 0.6) is 0 Å². The number of nitrogen functional groups attached to an aromatic ring is 1. The predicted octanol–water partition coefficient (Wildman–Crippen LogP) is 8.32. The number of halogens is 4. The molecule has 0 fully saturated rings. The summed E-state index contributed by atoms with van der Waals surface area (Å²) in [6, 6.07) is 15.6. The maximum atomic E-state index is 13.6. The van der Waals surface area contributed by atoms with Gasteiger partial charge in [-0.25, -0.2) is 17.6 Å². The molecule has 0 saturated carbocycles. The van der Waals surface area contributed by atoms with Crippen LogP contribution in [0, 0.1) is 5.92 Å². The van der Waals surface area contributed by atoms with Gasteiger partial charge in [-0.15, -0.1) is 0 Å². The Balaban J connectivity index is 1.52. The molecule has 196 valence electrons. The smallest absolute Gasteiger partial charge is 0.311 e. The monoisotopic (exact) mass is 513 g/mol. The molecule has 0 bridgehead atoms. The van der Waals surface area contributed by atoms with Gasteiger partial charge in [0.25, 0.3) is 12.9 Å². The van der Waals surface area contributed by atoms with E-state index in [1.54, 1.807) is 6.07 Å². The van der Waals surface area contributed by atoms with E-state index in [2.05, 4.69) is 0 Å². The summed E-state index contributed by atoms with van der Waals surface area (Å²) in [6.45, 7) is 1.97. The van der Waals surface area contributed by atoms with Gasteiger partial charge in [0, 0.05) is 16.8 Å². The highest BCUT2D eigenvalue weighted by atomic mass is 19.3. The molecule has 37 heavy (non-hydrogen) atoms. The Hall–Kier alpha value is -3.35. The number of alkyl halides is 4.